The fourth-order valence-corrected chi connectivity index (χ4v) is 0.735. The van der Waals surface area contributed by atoms with E-state index in [2.05, 4.69) is 6.58 Å². The Bertz CT molecular complexity index is 331. The van der Waals surface area contributed by atoms with Crippen molar-refractivity contribution in [3.05, 3.63) is 23.8 Å². The quantitative estimate of drug-likeness (QED) is 0.329. The Morgan fingerprint density at radius 3 is 2.31 bits per heavy atom. The van der Waals surface area contributed by atoms with E-state index in [1.54, 1.807) is 25.9 Å². The first-order valence-corrected chi connectivity index (χ1v) is 4.73. The molecule has 0 fully saturated rings. The number of hydrogen-bond donors (Lipinski definition) is 1. The zero-order valence-electron chi connectivity index (χ0n) is 9.98. The Morgan fingerprint density at radius 1 is 1.44 bits per heavy atom. The van der Waals surface area contributed by atoms with Gasteiger partial charge in [0, 0.05) is 5.57 Å². The number of nitrogens with zero attached hydrogens (tertiary/aromatic N) is 1. The fraction of sp³-hybridized carbons (Fsp3) is 0.455. The third kappa shape index (κ3) is 4.75. The molecule has 5 nitrogen and oxygen atoms in total. The Balaban J connectivity index is 4.51. The fourth-order valence-electron chi connectivity index (χ4n) is 0.735. The first-order valence-electron chi connectivity index (χ1n) is 4.73. The molecule has 16 heavy (non-hydrogen) atoms. The number of carboxylic acids is 1. The first-order chi connectivity index (χ1) is 7.25. The number of esters is 1. The molecule has 1 atom stereocenters. The van der Waals surface area contributed by atoms with Crippen molar-refractivity contribution >= 4 is 11.9 Å². The molecule has 0 bridgehead atoms. The number of aliphatic carboxylic acids is 1. The van der Waals surface area contributed by atoms with E-state index >= 15 is 0 Å². The van der Waals surface area contributed by atoms with E-state index in [1.165, 1.54) is 13.0 Å². The Labute approximate surface area is 95.0 Å². The van der Waals surface area contributed by atoms with Crippen molar-refractivity contribution in [2.75, 3.05) is 14.1 Å². The predicted molar refractivity (Wildman–Crippen MR) is 59.8 cm³/mol. The Kier molecular flexibility index (Phi) is 5.46. The van der Waals surface area contributed by atoms with Gasteiger partial charge in [-0.05, 0) is 34.0 Å². The molecule has 1 N–H and O–H groups in total. The summed E-state index contributed by atoms with van der Waals surface area (Å²) in [6.45, 7) is 6.50. The van der Waals surface area contributed by atoms with Gasteiger partial charge in [0.15, 0.2) is 6.23 Å². The van der Waals surface area contributed by atoms with Crippen LogP contribution in [-0.4, -0.2) is 42.3 Å². The van der Waals surface area contributed by atoms with E-state index < -0.39 is 11.9 Å². The molecule has 0 aliphatic carbocycles. The monoisotopic (exact) mass is 227 g/mol. The van der Waals surface area contributed by atoms with Crippen LogP contribution in [0.25, 0.3) is 0 Å². The van der Waals surface area contributed by atoms with Gasteiger partial charge in [-0.2, -0.15) is 0 Å². The molecule has 0 aromatic carbocycles. The minimum Gasteiger partial charge on any atom is -0.478 e. The van der Waals surface area contributed by atoms with Gasteiger partial charge in [-0.1, -0.05) is 6.58 Å². The lowest BCUT2D eigenvalue weighted by Crippen LogP contribution is -2.30. The lowest BCUT2D eigenvalue weighted by atomic mass is 10.2. The molecule has 0 heterocycles. The number of carboxylic acid groups (broad SMARTS) is 1. The van der Waals surface area contributed by atoms with Gasteiger partial charge in [0.05, 0.1) is 5.57 Å². The van der Waals surface area contributed by atoms with E-state index in [1.807, 2.05) is 0 Å². The lowest BCUT2D eigenvalue weighted by Gasteiger charge is -2.19. The second kappa shape index (κ2) is 6.07. The topological polar surface area (TPSA) is 66.8 Å². The lowest BCUT2D eigenvalue weighted by molar-refractivity contribution is -0.150. The van der Waals surface area contributed by atoms with Crippen LogP contribution in [0.15, 0.2) is 23.8 Å². The summed E-state index contributed by atoms with van der Waals surface area (Å²) in [4.78, 5) is 23.7. The van der Waals surface area contributed by atoms with E-state index in [9.17, 15) is 9.59 Å². The molecule has 90 valence electrons. The van der Waals surface area contributed by atoms with Gasteiger partial charge >= 0.3 is 11.9 Å². The van der Waals surface area contributed by atoms with Crippen LogP contribution in [0.4, 0.5) is 0 Å². The third-order valence-corrected chi connectivity index (χ3v) is 1.99. The van der Waals surface area contributed by atoms with Gasteiger partial charge in [0.2, 0.25) is 0 Å². The molecule has 0 saturated carbocycles. The zero-order chi connectivity index (χ0) is 12.9. The molecule has 0 amide bonds. The van der Waals surface area contributed by atoms with Crippen molar-refractivity contribution in [1.82, 2.24) is 4.90 Å². The molecule has 5 heteroatoms. The maximum atomic E-state index is 11.5. The van der Waals surface area contributed by atoms with E-state index in [4.69, 9.17) is 9.84 Å². The van der Waals surface area contributed by atoms with Gasteiger partial charge in [0.25, 0.3) is 0 Å². The van der Waals surface area contributed by atoms with Crippen LogP contribution in [-0.2, 0) is 14.3 Å². The molecule has 0 saturated heterocycles. The predicted octanol–water partition coefficient (Wildman–Crippen LogP) is 1.02. The maximum absolute atomic E-state index is 11.5. The van der Waals surface area contributed by atoms with Gasteiger partial charge < -0.3 is 9.84 Å². The van der Waals surface area contributed by atoms with Crippen LogP contribution in [0, 0.1) is 0 Å². The van der Waals surface area contributed by atoms with Crippen LogP contribution in [0.5, 0.6) is 0 Å². The van der Waals surface area contributed by atoms with Crippen molar-refractivity contribution in [3.63, 3.8) is 0 Å². The highest BCUT2D eigenvalue weighted by Crippen LogP contribution is 2.05. The van der Waals surface area contributed by atoms with Gasteiger partial charge in [-0.15, -0.1) is 0 Å². The summed E-state index contributed by atoms with van der Waals surface area (Å²) in [5.41, 5.74) is 0.0630. The molecule has 0 aliphatic heterocycles. The van der Waals surface area contributed by atoms with Crippen LogP contribution < -0.4 is 0 Å². The minimum absolute atomic E-state index is 0.146. The molecule has 0 aromatic heterocycles. The third-order valence-electron chi connectivity index (χ3n) is 1.99. The van der Waals surface area contributed by atoms with Gasteiger partial charge in [-0.3, -0.25) is 4.90 Å². The highest BCUT2D eigenvalue weighted by Gasteiger charge is 2.13. The van der Waals surface area contributed by atoms with Crippen LogP contribution in [0.2, 0.25) is 0 Å². The van der Waals surface area contributed by atoms with Gasteiger partial charge in [0.1, 0.15) is 0 Å². The summed E-state index contributed by atoms with van der Waals surface area (Å²) < 4.78 is 5.04. The number of ether oxygens (including phenoxy) is 1. The van der Waals surface area contributed by atoms with Crippen LogP contribution in [0.1, 0.15) is 13.8 Å². The van der Waals surface area contributed by atoms with Crippen LogP contribution in [0.3, 0.4) is 0 Å². The standard InChI is InChI=1S/C11H17NO4/c1-7(10(13)14)6-8(2)11(15)16-9(3)12(4)5/h6,9H,1H2,2-5H3,(H,13,14)/b8-6+. The Morgan fingerprint density at radius 2 is 1.94 bits per heavy atom. The summed E-state index contributed by atoms with van der Waals surface area (Å²) >= 11 is 0. The summed E-state index contributed by atoms with van der Waals surface area (Å²) in [6.07, 6.45) is 0.821. The van der Waals surface area contributed by atoms with Crippen molar-refractivity contribution in [2.24, 2.45) is 0 Å². The molecule has 0 rings (SSSR count). The highest BCUT2D eigenvalue weighted by molar-refractivity contribution is 5.94. The largest absolute Gasteiger partial charge is 0.478 e. The number of hydrogen-bond acceptors (Lipinski definition) is 4. The molecule has 0 aliphatic rings. The van der Waals surface area contributed by atoms with Crippen molar-refractivity contribution in [2.45, 2.75) is 20.1 Å². The average molecular weight is 227 g/mol. The second-order valence-corrected chi connectivity index (χ2v) is 3.63. The van der Waals surface area contributed by atoms with Gasteiger partial charge in [-0.25, -0.2) is 9.59 Å². The van der Waals surface area contributed by atoms with E-state index in [0.717, 1.165) is 0 Å². The number of rotatable bonds is 5. The smallest absolute Gasteiger partial charge is 0.335 e. The van der Waals surface area contributed by atoms with Crippen molar-refractivity contribution < 1.29 is 19.4 Å². The van der Waals surface area contributed by atoms with E-state index in [0.29, 0.717) is 0 Å². The highest BCUT2D eigenvalue weighted by atomic mass is 16.6. The molecule has 0 aromatic rings. The molecular formula is C11H17NO4. The summed E-state index contributed by atoms with van der Waals surface area (Å²) in [6, 6.07) is 0. The first kappa shape index (κ1) is 14.4. The average Bonchev–Trinajstić information content (AvgIpc) is 2.16. The molecule has 0 spiro atoms. The SMILES string of the molecule is C=C(/C=C(\C)C(=O)OC(C)N(C)C)C(=O)O. The molecular weight excluding hydrogens is 210 g/mol. The summed E-state index contributed by atoms with van der Waals surface area (Å²) in [7, 11) is 3.54. The normalized spacial score (nSPS) is 13.4. The number of carbonyl (C=O) groups excluding carboxylic acids is 1. The van der Waals surface area contributed by atoms with Crippen molar-refractivity contribution in [3.8, 4) is 0 Å². The molecule has 1 unspecified atom stereocenters. The number of carbonyl (C=O) groups is 2. The summed E-state index contributed by atoms with van der Waals surface area (Å²) in [5, 5.41) is 8.58. The van der Waals surface area contributed by atoms with E-state index in [-0.39, 0.29) is 17.4 Å². The zero-order valence-corrected chi connectivity index (χ0v) is 9.98. The minimum atomic E-state index is -1.16. The maximum Gasteiger partial charge on any atom is 0.335 e. The van der Waals surface area contributed by atoms with Crippen LogP contribution >= 0.6 is 0 Å². The second-order valence-electron chi connectivity index (χ2n) is 3.63. The van der Waals surface area contributed by atoms with Crippen molar-refractivity contribution in [1.29, 1.82) is 0 Å². The Hall–Kier alpha value is -1.62. The molecule has 0 radical (unpaired) electrons. The summed E-state index contributed by atoms with van der Waals surface area (Å²) in [5.74, 6) is -1.71.